The number of nitrogens with zero attached hydrogens (tertiary/aromatic N) is 4. The van der Waals surface area contributed by atoms with Crippen LogP contribution in [0.15, 0.2) is 36.4 Å². The quantitative estimate of drug-likeness (QED) is 0.580. The lowest BCUT2D eigenvalue weighted by atomic mass is 9.86. The summed E-state index contributed by atoms with van der Waals surface area (Å²) in [5.74, 6) is 1.43. The van der Waals surface area contributed by atoms with Gasteiger partial charge in [0.15, 0.2) is 5.82 Å². The fourth-order valence-electron chi connectivity index (χ4n) is 4.32. The molecule has 2 heterocycles. The topological polar surface area (TPSA) is 94.9 Å². The molecule has 1 aliphatic rings. The molecule has 1 aliphatic heterocycles. The molecule has 1 amide bonds. The van der Waals surface area contributed by atoms with Crippen molar-refractivity contribution in [2.24, 2.45) is 0 Å². The minimum absolute atomic E-state index is 0.0208. The Kier molecular flexibility index (Phi) is 7.07. The number of piperidine rings is 1. The van der Waals surface area contributed by atoms with E-state index in [2.05, 4.69) is 21.3 Å². The molecule has 4 rings (SSSR count). The summed E-state index contributed by atoms with van der Waals surface area (Å²) in [5.41, 5.74) is 3.85. The summed E-state index contributed by atoms with van der Waals surface area (Å²) in [7, 11) is 1.64. The van der Waals surface area contributed by atoms with Crippen LogP contribution in [0.4, 0.5) is 0 Å². The van der Waals surface area contributed by atoms with Gasteiger partial charge in [-0.2, -0.15) is 10.4 Å². The number of methoxy groups -OCH3 is 1. The number of nitrogens with one attached hydrogen (secondary N) is 1. The van der Waals surface area contributed by atoms with Crippen molar-refractivity contribution in [3.05, 3.63) is 69.5 Å². The molecule has 0 radical (unpaired) electrons. The number of halogens is 1. The molecule has 2 aromatic carbocycles. The average molecular weight is 464 g/mol. The minimum atomic E-state index is -0.0208. The van der Waals surface area contributed by atoms with Gasteiger partial charge in [0.05, 0.1) is 23.3 Å². The lowest BCUT2D eigenvalue weighted by Gasteiger charge is -2.33. The predicted molar refractivity (Wildman–Crippen MR) is 126 cm³/mol. The lowest BCUT2D eigenvalue weighted by Crippen LogP contribution is -2.38. The van der Waals surface area contributed by atoms with E-state index in [1.165, 1.54) is 0 Å². The minimum Gasteiger partial charge on any atom is -0.384 e. The van der Waals surface area contributed by atoms with Gasteiger partial charge in [0.2, 0.25) is 0 Å². The van der Waals surface area contributed by atoms with E-state index in [1.807, 2.05) is 36.1 Å². The van der Waals surface area contributed by atoms with Gasteiger partial charge in [-0.1, -0.05) is 29.8 Å². The van der Waals surface area contributed by atoms with Crippen molar-refractivity contribution in [3.63, 3.8) is 0 Å². The van der Waals surface area contributed by atoms with E-state index < -0.39 is 0 Å². The summed E-state index contributed by atoms with van der Waals surface area (Å²) in [6.45, 7) is 3.71. The number of aromatic nitrogens is 3. The number of amides is 1. The van der Waals surface area contributed by atoms with Crippen molar-refractivity contribution < 1.29 is 9.53 Å². The van der Waals surface area contributed by atoms with Crippen molar-refractivity contribution in [2.45, 2.75) is 32.1 Å². The predicted octanol–water partition coefficient (Wildman–Crippen LogP) is 4.51. The number of aromatic amines is 1. The fourth-order valence-corrected chi connectivity index (χ4v) is 4.62. The highest BCUT2D eigenvalue weighted by molar-refractivity contribution is 6.33. The number of likely N-dealkylation sites (tertiary alicyclic amines) is 1. The third-order valence-corrected chi connectivity index (χ3v) is 6.48. The Hall–Kier alpha value is -3.21. The van der Waals surface area contributed by atoms with Crippen LogP contribution >= 0.6 is 11.6 Å². The zero-order chi connectivity index (χ0) is 23.4. The molecule has 170 valence electrons. The molecule has 3 aromatic rings. The van der Waals surface area contributed by atoms with Crippen LogP contribution in [0.3, 0.4) is 0 Å². The van der Waals surface area contributed by atoms with Gasteiger partial charge in [0, 0.05) is 37.7 Å². The van der Waals surface area contributed by atoms with Crippen molar-refractivity contribution in [2.75, 3.05) is 26.8 Å². The van der Waals surface area contributed by atoms with Gasteiger partial charge in [0.25, 0.3) is 5.91 Å². The maximum absolute atomic E-state index is 13.4. The Morgan fingerprint density at radius 1 is 1.30 bits per heavy atom. The molecule has 1 N–H and O–H groups in total. The van der Waals surface area contributed by atoms with Crippen LogP contribution in [0.5, 0.6) is 0 Å². The first kappa shape index (κ1) is 23.0. The summed E-state index contributed by atoms with van der Waals surface area (Å²) < 4.78 is 5.09. The number of carbonyl (C=O) groups excluding carboxylic acids is 1. The Bertz CT molecular complexity index is 1190. The van der Waals surface area contributed by atoms with Gasteiger partial charge >= 0.3 is 0 Å². The molecule has 0 saturated carbocycles. The molecular formula is C25H26ClN5O2. The number of hydrogen-bond donors (Lipinski definition) is 1. The SMILES string of the molecule is COCCc1nc(-c2cc(C(=O)N3CCC(c4ccccc4C#N)CC3)c(C)cc2Cl)n[nH]1. The van der Waals surface area contributed by atoms with Crippen LogP contribution in [0.25, 0.3) is 11.4 Å². The molecule has 1 fully saturated rings. The number of aryl methyl sites for hydroxylation is 1. The van der Waals surface area contributed by atoms with Gasteiger partial charge in [0.1, 0.15) is 5.82 Å². The van der Waals surface area contributed by atoms with Crippen LogP contribution in [-0.4, -0.2) is 52.8 Å². The molecule has 0 atom stereocenters. The summed E-state index contributed by atoms with van der Waals surface area (Å²) >= 11 is 6.49. The molecule has 0 bridgehead atoms. The van der Waals surface area contributed by atoms with Crippen molar-refractivity contribution >= 4 is 17.5 Å². The van der Waals surface area contributed by atoms with Crippen LogP contribution in [0.2, 0.25) is 5.02 Å². The van der Waals surface area contributed by atoms with E-state index >= 15 is 0 Å². The number of carbonyl (C=O) groups is 1. The van der Waals surface area contributed by atoms with Crippen LogP contribution in [0.1, 0.15) is 51.6 Å². The molecule has 33 heavy (non-hydrogen) atoms. The molecule has 0 spiro atoms. The zero-order valence-corrected chi connectivity index (χ0v) is 19.5. The number of nitriles is 1. The molecular weight excluding hydrogens is 438 g/mol. The van der Waals surface area contributed by atoms with Gasteiger partial charge in [-0.25, -0.2) is 4.98 Å². The number of hydrogen-bond acceptors (Lipinski definition) is 5. The number of ether oxygens (including phenoxy) is 1. The van der Waals surface area contributed by atoms with Crippen molar-refractivity contribution in [1.29, 1.82) is 5.26 Å². The van der Waals surface area contributed by atoms with Crippen LogP contribution in [-0.2, 0) is 11.2 Å². The lowest BCUT2D eigenvalue weighted by molar-refractivity contribution is 0.0712. The van der Waals surface area contributed by atoms with E-state index in [0.717, 1.165) is 29.5 Å². The number of rotatable bonds is 6. The summed E-state index contributed by atoms with van der Waals surface area (Å²) in [6.07, 6.45) is 2.27. The standard InChI is InChI=1S/C25H26ClN5O2/c1-16-13-22(26)21(24-28-23(29-30-24)9-12-33-2)14-20(16)25(32)31-10-7-17(8-11-31)19-6-4-3-5-18(19)15-27/h3-6,13-14,17H,7-12H2,1-2H3,(H,28,29,30). The Morgan fingerprint density at radius 2 is 2.06 bits per heavy atom. The van der Waals surface area contributed by atoms with Gasteiger partial charge in [-0.05, 0) is 55.0 Å². The summed E-state index contributed by atoms with van der Waals surface area (Å²) in [4.78, 5) is 19.8. The van der Waals surface area contributed by atoms with Gasteiger partial charge < -0.3 is 9.64 Å². The van der Waals surface area contributed by atoms with E-state index in [0.29, 0.717) is 53.9 Å². The second kappa shape index (κ2) is 10.2. The van der Waals surface area contributed by atoms with Crippen molar-refractivity contribution in [1.82, 2.24) is 20.1 Å². The highest BCUT2D eigenvalue weighted by Gasteiger charge is 2.27. The fraction of sp³-hybridized carbons (Fsp3) is 0.360. The largest absolute Gasteiger partial charge is 0.384 e. The first-order chi connectivity index (χ1) is 16.0. The molecule has 0 unspecified atom stereocenters. The normalized spacial score (nSPS) is 14.3. The monoisotopic (exact) mass is 463 g/mol. The van der Waals surface area contributed by atoms with Crippen LogP contribution in [0, 0.1) is 18.3 Å². The Balaban J connectivity index is 1.51. The molecule has 7 nitrogen and oxygen atoms in total. The maximum atomic E-state index is 13.4. The molecule has 8 heteroatoms. The van der Waals surface area contributed by atoms with E-state index in [4.69, 9.17) is 16.3 Å². The van der Waals surface area contributed by atoms with Crippen LogP contribution < -0.4 is 0 Å². The second-order valence-electron chi connectivity index (χ2n) is 8.26. The average Bonchev–Trinajstić information content (AvgIpc) is 3.31. The third kappa shape index (κ3) is 4.92. The smallest absolute Gasteiger partial charge is 0.254 e. The molecule has 1 saturated heterocycles. The maximum Gasteiger partial charge on any atom is 0.254 e. The van der Waals surface area contributed by atoms with E-state index in [1.54, 1.807) is 19.2 Å². The zero-order valence-electron chi connectivity index (χ0n) is 18.8. The second-order valence-corrected chi connectivity index (χ2v) is 8.67. The number of benzene rings is 2. The first-order valence-corrected chi connectivity index (χ1v) is 11.4. The van der Waals surface area contributed by atoms with E-state index in [-0.39, 0.29) is 11.8 Å². The van der Waals surface area contributed by atoms with Crippen molar-refractivity contribution in [3.8, 4) is 17.5 Å². The summed E-state index contributed by atoms with van der Waals surface area (Å²) in [5, 5.41) is 17.1. The Morgan fingerprint density at radius 3 is 2.79 bits per heavy atom. The van der Waals surface area contributed by atoms with Gasteiger partial charge in [-0.15, -0.1) is 0 Å². The highest BCUT2D eigenvalue weighted by atomic mass is 35.5. The summed E-state index contributed by atoms with van der Waals surface area (Å²) in [6, 6.07) is 13.6. The Labute approximate surface area is 198 Å². The number of H-pyrrole nitrogens is 1. The van der Waals surface area contributed by atoms with E-state index in [9.17, 15) is 10.1 Å². The third-order valence-electron chi connectivity index (χ3n) is 6.16. The molecule has 1 aromatic heterocycles. The molecule has 0 aliphatic carbocycles. The first-order valence-electron chi connectivity index (χ1n) is 11.0. The highest BCUT2D eigenvalue weighted by Crippen LogP contribution is 2.33. The van der Waals surface area contributed by atoms with Gasteiger partial charge in [-0.3, -0.25) is 9.89 Å².